The topological polar surface area (TPSA) is 87.7 Å². The molecule has 2 heterocycles. The van der Waals surface area contributed by atoms with E-state index >= 15 is 0 Å². The summed E-state index contributed by atoms with van der Waals surface area (Å²) in [6.45, 7) is 2.04. The normalized spacial score (nSPS) is 32.6. The number of aliphatic carboxylic acids is 1. The third-order valence-electron chi connectivity index (χ3n) is 3.32. The highest BCUT2D eigenvalue weighted by Gasteiger charge is 2.31. The highest BCUT2D eigenvalue weighted by atomic mass is 16.5. The quantitative estimate of drug-likeness (QED) is 0.609. The maximum atomic E-state index is 11.7. The summed E-state index contributed by atoms with van der Waals surface area (Å²) in [7, 11) is 0. The van der Waals surface area contributed by atoms with Crippen LogP contribution in [0.1, 0.15) is 19.3 Å². The van der Waals surface area contributed by atoms with Gasteiger partial charge < -0.3 is 20.5 Å². The van der Waals surface area contributed by atoms with E-state index in [1.807, 2.05) is 0 Å². The zero-order valence-corrected chi connectivity index (χ0v) is 9.65. The number of amides is 1. The summed E-state index contributed by atoms with van der Waals surface area (Å²) in [5.74, 6) is -0.831. The smallest absolute Gasteiger partial charge is 0.332 e. The number of hydrogen-bond acceptors (Lipinski definition) is 4. The van der Waals surface area contributed by atoms with Crippen molar-refractivity contribution >= 4 is 11.9 Å². The molecule has 0 aromatic carbocycles. The van der Waals surface area contributed by atoms with Crippen LogP contribution in [0.15, 0.2) is 0 Å². The molecule has 0 aliphatic carbocycles. The van der Waals surface area contributed by atoms with Crippen LogP contribution in [0.2, 0.25) is 0 Å². The number of hydrogen-bond donors (Lipinski definition) is 3. The molecule has 6 nitrogen and oxygen atoms in total. The summed E-state index contributed by atoms with van der Waals surface area (Å²) in [4.78, 5) is 22.4. The van der Waals surface area contributed by atoms with Gasteiger partial charge in [-0.05, 0) is 25.8 Å². The Kier molecular flexibility index (Phi) is 3.96. The van der Waals surface area contributed by atoms with E-state index in [2.05, 4.69) is 10.6 Å². The summed E-state index contributed by atoms with van der Waals surface area (Å²) in [6.07, 6.45) is 1.23. The first-order valence-corrected chi connectivity index (χ1v) is 6.03. The standard InChI is InChI=1S/C11H18N2O4/c14-10(7-3-4-12-5-7)13-6-8-1-2-9(17-8)11(15)16/h7-9,12H,1-6H2,(H,13,14)(H,15,16). The van der Waals surface area contributed by atoms with Gasteiger partial charge in [0.15, 0.2) is 6.10 Å². The maximum absolute atomic E-state index is 11.7. The first-order chi connectivity index (χ1) is 8.16. The van der Waals surface area contributed by atoms with E-state index in [-0.39, 0.29) is 17.9 Å². The second kappa shape index (κ2) is 5.46. The third-order valence-corrected chi connectivity index (χ3v) is 3.32. The van der Waals surface area contributed by atoms with Gasteiger partial charge in [-0.3, -0.25) is 4.79 Å². The molecule has 0 aromatic rings. The Morgan fingerprint density at radius 3 is 2.76 bits per heavy atom. The van der Waals surface area contributed by atoms with Gasteiger partial charge in [0.05, 0.1) is 12.0 Å². The van der Waals surface area contributed by atoms with Crippen molar-refractivity contribution in [1.82, 2.24) is 10.6 Å². The van der Waals surface area contributed by atoms with Gasteiger partial charge in [0.2, 0.25) is 5.91 Å². The average Bonchev–Trinajstić information content (AvgIpc) is 2.97. The molecule has 17 heavy (non-hydrogen) atoms. The van der Waals surface area contributed by atoms with Gasteiger partial charge in [0.1, 0.15) is 0 Å². The zero-order chi connectivity index (χ0) is 12.3. The first-order valence-electron chi connectivity index (χ1n) is 6.03. The lowest BCUT2D eigenvalue weighted by Gasteiger charge is -2.14. The van der Waals surface area contributed by atoms with Crippen LogP contribution in [0.5, 0.6) is 0 Å². The van der Waals surface area contributed by atoms with Crippen molar-refractivity contribution in [1.29, 1.82) is 0 Å². The van der Waals surface area contributed by atoms with Crippen molar-refractivity contribution in [2.24, 2.45) is 5.92 Å². The SMILES string of the molecule is O=C(NCC1CCC(C(=O)O)O1)C1CCNC1. The first kappa shape index (κ1) is 12.3. The predicted molar refractivity (Wildman–Crippen MR) is 59.5 cm³/mol. The Hall–Kier alpha value is -1.14. The molecule has 3 N–H and O–H groups in total. The molecule has 2 fully saturated rings. The van der Waals surface area contributed by atoms with Gasteiger partial charge in [0, 0.05) is 13.1 Å². The molecule has 96 valence electrons. The molecule has 0 bridgehead atoms. The van der Waals surface area contributed by atoms with E-state index in [4.69, 9.17) is 9.84 Å². The van der Waals surface area contributed by atoms with Crippen molar-refractivity contribution in [3.8, 4) is 0 Å². The fourth-order valence-electron chi connectivity index (χ4n) is 2.27. The molecular weight excluding hydrogens is 224 g/mol. The molecule has 0 spiro atoms. The van der Waals surface area contributed by atoms with Gasteiger partial charge in [-0.2, -0.15) is 0 Å². The van der Waals surface area contributed by atoms with E-state index in [1.54, 1.807) is 0 Å². The van der Waals surface area contributed by atoms with Gasteiger partial charge >= 0.3 is 5.97 Å². The summed E-state index contributed by atoms with van der Waals surface area (Å²) in [5, 5.41) is 14.7. The Morgan fingerprint density at radius 1 is 1.35 bits per heavy atom. The van der Waals surface area contributed by atoms with E-state index in [0.29, 0.717) is 19.4 Å². The largest absolute Gasteiger partial charge is 0.479 e. The lowest BCUT2D eigenvalue weighted by molar-refractivity contribution is -0.149. The fraction of sp³-hybridized carbons (Fsp3) is 0.818. The summed E-state index contributed by atoms with van der Waals surface area (Å²) in [5.41, 5.74) is 0. The van der Waals surface area contributed by atoms with Gasteiger partial charge in [-0.25, -0.2) is 4.79 Å². The molecule has 6 heteroatoms. The van der Waals surface area contributed by atoms with Crippen LogP contribution in [-0.2, 0) is 14.3 Å². The van der Waals surface area contributed by atoms with Crippen molar-refractivity contribution in [2.75, 3.05) is 19.6 Å². The molecule has 3 atom stereocenters. The highest BCUT2D eigenvalue weighted by molar-refractivity contribution is 5.79. The lowest BCUT2D eigenvalue weighted by Crippen LogP contribution is -2.37. The summed E-state index contributed by atoms with van der Waals surface area (Å²) in [6, 6.07) is 0. The summed E-state index contributed by atoms with van der Waals surface area (Å²) < 4.78 is 5.31. The number of carboxylic acids is 1. The Labute approximate surface area is 99.7 Å². The molecule has 2 saturated heterocycles. The number of rotatable bonds is 4. The van der Waals surface area contributed by atoms with Crippen molar-refractivity contribution < 1.29 is 19.4 Å². The van der Waals surface area contributed by atoms with Crippen LogP contribution in [0.4, 0.5) is 0 Å². The second-order valence-electron chi connectivity index (χ2n) is 4.60. The fourth-order valence-corrected chi connectivity index (χ4v) is 2.27. The Balaban J connectivity index is 1.68. The van der Waals surface area contributed by atoms with Gasteiger partial charge in [0.25, 0.3) is 0 Å². The van der Waals surface area contributed by atoms with Crippen LogP contribution in [0.3, 0.4) is 0 Å². The minimum Gasteiger partial charge on any atom is -0.479 e. The Morgan fingerprint density at radius 2 is 2.18 bits per heavy atom. The predicted octanol–water partition coefficient (Wildman–Crippen LogP) is -0.656. The van der Waals surface area contributed by atoms with Crippen LogP contribution in [0.25, 0.3) is 0 Å². The van der Waals surface area contributed by atoms with Crippen LogP contribution >= 0.6 is 0 Å². The molecular formula is C11H18N2O4. The van der Waals surface area contributed by atoms with Gasteiger partial charge in [-0.15, -0.1) is 0 Å². The second-order valence-corrected chi connectivity index (χ2v) is 4.60. The molecule has 0 radical (unpaired) electrons. The number of carbonyl (C=O) groups excluding carboxylic acids is 1. The van der Waals surface area contributed by atoms with Crippen molar-refractivity contribution in [3.63, 3.8) is 0 Å². The van der Waals surface area contributed by atoms with Crippen LogP contribution in [0, 0.1) is 5.92 Å². The van der Waals surface area contributed by atoms with Crippen molar-refractivity contribution in [2.45, 2.75) is 31.5 Å². The van der Waals surface area contributed by atoms with E-state index < -0.39 is 12.1 Å². The van der Waals surface area contributed by atoms with Crippen LogP contribution < -0.4 is 10.6 Å². The molecule has 2 rings (SSSR count). The molecule has 3 unspecified atom stereocenters. The Bertz CT molecular complexity index is 302. The minimum absolute atomic E-state index is 0.0392. The summed E-state index contributed by atoms with van der Waals surface area (Å²) >= 11 is 0. The minimum atomic E-state index is -0.918. The van der Waals surface area contributed by atoms with Crippen molar-refractivity contribution in [3.05, 3.63) is 0 Å². The van der Waals surface area contributed by atoms with Crippen LogP contribution in [-0.4, -0.2) is 48.8 Å². The number of carbonyl (C=O) groups is 2. The molecule has 2 aliphatic heterocycles. The highest BCUT2D eigenvalue weighted by Crippen LogP contribution is 2.19. The molecule has 0 saturated carbocycles. The lowest BCUT2D eigenvalue weighted by atomic mass is 10.1. The monoisotopic (exact) mass is 242 g/mol. The van der Waals surface area contributed by atoms with Gasteiger partial charge in [-0.1, -0.05) is 0 Å². The number of nitrogens with one attached hydrogen (secondary N) is 2. The van der Waals surface area contributed by atoms with E-state index in [9.17, 15) is 9.59 Å². The zero-order valence-electron chi connectivity index (χ0n) is 9.65. The number of ether oxygens (including phenoxy) is 1. The average molecular weight is 242 g/mol. The maximum Gasteiger partial charge on any atom is 0.332 e. The van der Waals surface area contributed by atoms with E-state index in [0.717, 1.165) is 19.5 Å². The third kappa shape index (κ3) is 3.17. The molecule has 2 aliphatic rings. The van der Waals surface area contributed by atoms with E-state index in [1.165, 1.54) is 0 Å². The molecule has 1 amide bonds. The molecule has 0 aromatic heterocycles. The number of carboxylic acid groups (broad SMARTS) is 1.